The highest BCUT2D eigenvalue weighted by Gasteiger charge is 2.08. The molecule has 0 atom stereocenters. The summed E-state index contributed by atoms with van der Waals surface area (Å²) in [6, 6.07) is 15.6. The molecule has 2 rings (SSSR count). The average Bonchev–Trinajstić information content (AvgIpc) is 2.92. The van der Waals surface area contributed by atoms with E-state index in [1.165, 1.54) is 89.9 Å². The molecule has 37 heavy (non-hydrogen) atoms. The fraction of sp³-hybridized carbons (Fsp3) is 0.618. The van der Waals surface area contributed by atoms with Crippen LogP contribution in [-0.2, 0) is 6.42 Å². The van der Waals surface area contributed by atoms with Crippen LogP contribution in [0.4, 0.5) is 0 Å². The number of rotatable bonds is 23. The normalized spacial score (nSPS) is 11.0. The zero-order valence-electron chi connectivity index (χ0n) is 23.8. The topological polar surface area (TPSA) is 35.5 Å². The second kappa shape index (κ2) is 20.7. The minimum Gasteiger partial charge on any atom is -0.494 e. The standard InChI is InChI=1S/C34H52O3/c1-3-5-7-9-11-13-15-17-27-36-32-23-19-30(20-24-32)29-34(35)31-21-25-33(26-22-31)37-28-18-16-14-12-10-8-6-4-2/h19-26H,3-18,27-29H2,1-2H3. The molecule has 0 unspecified atom stereocenters. The Labute approximate surface area is 227 Å². The molecule has 3 nitrogen and oxygen atoms in total. The first-order valence-electron chi connectivity index (χ1n) is 15.2. The Kier molecular flexibility index (Phi) is 17.3. The summed E-state index contributed by atoms with van der Waals surface area (Å²) in [5.41, 5.74) is 1.74. The van der Waals surface area contributed by atoms with Crippen LogP contribution in [0.15, 0.2) is 48.5 Å². The van der Waals surface area contributed by atoms with Crippen molar-refractivity contribution >= 4 is 5.78 Å². The molecule has 2 aromatic rings. The van der Waals surface area contributed by atoms with Gasteiger partial charge < -0.3 is 9.47 Å². The number of hydrogen-bond acceptors (Lipinski definition) is 3. The van der Waals surface area contributed by atoms with E-state index >= 15 is 0 Å². The number of ether oxygens (including phenoxy) is 2. The van der Waals surface area contributed by atoms with Gasteiger partial charge >= 0.3 is 0 Å². The van der Waals surface area contributed by atoms with Crippen molar-refractivity contribution in [2.24, 2.45) is 0 Å². The predicted octanol–water partition coefficient (Wildman–Crippen LogP) is 10.2. The number of unbranched alkanes of at least 4 members (excludes halogenated alkanes) is 14. The molecule has 0 heterocycles. The van der Waals surface area contributed by atoms with E-state index in [0.717, 1.165) is 48.7 Å². The van der Waals surface area contributed by atoms with Crippen LogP contribution in [0.5, 0.6) is 11.5 Å². The predicted molar refractivity (Wildman–Crippen MR) is 157 cm³/mol. The van der Waals surface area contributed by atoms with Gasteiger partial charge in [0.15, 0.2) is 5.78 Å². The Morgan fingerprint density at radius 1 is 0.514 bits per heavy atom. The van der Waals surface area contributed by atoms with E-state index in [9.17, 15) is 4.79 Å². The Morgan fingerprint density at radius 2 is 0.892 bits per heavy atom. The second-order valence-corrected chi connectivity index (χ2v) is 10.4. The highest BCUT2D eigenvalue weighted by molar-refractivity contribution is 5.97. The lowest BCUT2D eigenvalue weighted by Gasteiger charge is -2.08. The molecule has 0 fully saturated rings. The van der Waals surface area contributed by atoms with Crippen LogP contribution in [0.1, 0.15) is 133 Å². The molecule has 0 N–H and O–H groups in total. The number of carbonyl (C=O) groups is 1. The largest absolute Gasteiger partial charge is 0.494 e. The van der Waals surface area contributed by atoms with Crippen LogP contribution < -0.4 is 9.47 Å². The molecule has 0 saturated heterocycles. The fourth-order valence-electron chi connectivity index (χ4n) is 4.58. The van der Waals surface area contributed by atoms with Gasteiger partial charge in [0.2, 0.25) is 0 Å². The van der Waals surface area contributed by atoms with Crippen molar-refractivity contribution in [2.45, 2.75) is 123 Å². The maximum atomic E-state index is 12.7. The summed E-state index contributed by atoms with van der Waals surface area (Å²) in [5, 5.41) is 0. The molecular formula is C34H52O3. The monoisotopic (exact) mass is 508 g/mol. The van der Waals surface area contributed by atoms with Crippen molar-refractivity contribution in [1.82, 2.24) is 0 Å². The van der Waals surface area contributed by atoms with E-state index in [4.69, 9.17) is 9.47 Å². The van der Waals surface area contributed by atoms with Gasteiger partial charge in [-0.2, -0.15) is 0 Å². The van der Waals surface area contributed by atoms with Gasteiger partial charge in [0, 0.05) is 12.0 Å². The van der Waals surface area contributed by atoms with Gasteiger partial charge in [-0.25, -0.2) is 0 Å². The van der Waals surface area contributed by atoms with Crippen molar-refractivity contribution in [1.29, 1.82) is 0 Å². The number of carbonyl (C=O) groups excluding carboxylic acids is 1. The van der Waals surface area contributed by atoms with E-state index in [1.54, 1.807) is 0 Å². The van der Waals surface area contributed by atoms with E-state index in [2.05, 4.69) is 13.8 Å². The summed E-state index contributed by atoms with van der Waals surface area (Å²) in [4.78, 5) is 12.7. The highest BCUT2D eigenvalue weighted by Crippen LogP contribution is 2.18. The lowest BCUT2D eigenvalue weighted by molar-refractivity contribution is 0.0993. The maximum absolute atomic E-state index is 12.7. The van der Waals surface area contributed by atoms with Gasteiger partial charge in [-0.15, -0.1) is 0 Å². The molecule has 0 amide bonds. The number of ketones is 1. The van der Waals surface area contributed by atoms with Gasteiger partial charge in [-0.1, -0.05) is 116 Å². The summed E-state index contributed by atoms with van der Waals surface area (Å²) in [6.45, 7) is 6.03. The maximum Gasteiger partial charge on any atom is 0.167 e. The van der Waals surface area contributed by atoms with Crippen LogP contribution >= 0.6 is 0 Å². The molecule has 0 spiro atoms. The SMILES string of the molecule is CCCCCCCCCCOc1ccc(CC(=O)c2ccc(OCCCCCCCCCC)cc2)cc1. The Hall–Kier alpha value is -2.29. The Bertz CT molecular complexity index is 810. The lowest BCUT2D eigenvalue weighted by atomic mass is 10.0. The van der Waals surface area contributed by atoms with Gasteiger partial charge in [0.1, 0.15) is 11.5 Å². The van der Waals surface area contributed by atoms with Gasteiger partial charge in [-0.05, 0) is 54.8 Å². The first kappa shape index (κ1) is 30.9. The van der Waals surface area contributed by atoms with Crippen LogP contribution in [0.3, 0.4) is 0 Å². The third-order valence-electron chi connectivity index (χ3n) is 7.00. The molecule has 206 valence electrons. The lowest BCUT2D eigenvalue weighted by Crippen LogP contribution is -2.04. The van der Waals surface area contributed by atoms with E-state index in [0.29, 0.717) is 6.42 Å². The first-order chi connectivity index (χ1) is 18.2. The Morgan fingerprint density at radius 3 is 1.32 bits per heavy atom. The van der Waals surface area contributed by atoms with Gasteiger partial charge in [0.05, 0.1) is 13.2 Å². The number of hydrogen-bond donors (Lipinski definition) is 0. The third kappa shape index (κ3) is 14.9. The van der Waals surface area contributed by atoms with Crippen molar-refractivity contribution < 1.29 is 14.3 Å². The van der Waals surface area contributed by atoms with Gasteiger partial charge in [-0.3, -0.25) is 4.79 Å². The van der Waals surface area contributed by atoms with Crippen molar-refractivity contribution in [3.63, 3.8) is 0 Å². The molecule has 0 aliphatic rings. The fourth-order valence-corrected chi connectivity index (χ4v) is 4.58. The smallest absolute Gasteiger partial charge is 0.167 e. The van der Waals surface area contributed by atoms with Crippen molar-refractivity contribution in [2.75, 3.05) is 13.2 Å². The van der Waals surface area contributed by atoms with E-state index in [1.807, 2.05) is 48.5 Å². The van der Waals surface area contributed by atoms with E-state index in [-0.39, 0.29) is 5.78 Å². The molecular weight excluding hydrogens is 456 g/mol. The molecule has 0 aliphatic heterocycles. The number of Topliss-reactive ketones (excluding diaryl/α,β-unsaturated/α-hetero) is 1. The summed E-state index contributed by atoms with van der Waals surface area (Å²) in [7, 11) is 0. The Balaban J connectivity index is 1.58. The third-order valence-corrected chi connectivity index (χ3v) is 7.00. The molecule has 0 saturated carbocycles. The molecule has 3 heteroatoms. The van der Waals surface area contributed by atoms with Crippen LogP contribution in [0, 0.1) is 0 Å². The van der Waals surface area contributed by atoms with Gasteiger partial charge in [0.25, 0.3) is 0 Å². The van der Waals surface area contributed by atoms with Crippen molar-refractivity contribution in [3.8, 4) is 11.5 Å². The highest BCUT2D eigenvalue weighted by atomic mass is 16.5. The molecule has 2 aromatic carbocycles. The van der Waals surface area contributed by atoms with Crippen LogP contribution in [0.2, 0.25) is 0 Å². The summed E-state index contributed by atoms with van der Waals surface area (Å²) in [6.07, 6.45) is 21.2. The van der Waals surface area contributed by atoms with Crippen molar-refractivity contribution in [3.05, 3.63) is 59.7 Å². The average molecular weight is 509 g/mol. The summed E-state index contributed by atoms with van der Waals surface area (Å²) in [5.74, 6) is 1.86. The molecule has 0 bridgehead atoms. The first-order valence-corrected chi connectivity index (χ1v) is 15.2. The second-order valence-electron chi connectivity index (χ2n) is 10.4. The zero-order chi connectivity index (χ0) is 26.4. The van der Waals surface area contributed by atoms with E-state index < -0.39 is 0 Å². The minimum atomic E-state index is 0.127. The molecule has 0 aliphatic carbocycles. The zero-order valence-corrected chi connectivity index (χ0v) is 23.8. The molecule has 0 radical (unpaired) electrons. The van der Waals surface area contributed by atoms with Crippen LogP contribution in [-0.4, -0.2) is 19.0 Å². The molecule has 0 aromatic heterocycles. The quantitative estimate of drug-likeness (QED) is 0.111. The number of benzene rings is 2. The summed E-state index contributed by atoms with van der Waals surface area (Å²) >= 11 is 0. The van der Waals surface area contributed by atoms with Crippen LogP contribution in [0.25, 0.3) is 0 Å². The minimum absolute atomic E-state index is 0.127. The summed E-state index contributed by atoms with van der Waals surface area (Å²) < 4.78 is 11.7.